The van der Waals surface area contributed by atoms with Crippen LogP contribution in [-0.4, -0.2) is 71.1 Å². The Bertz CT molecular complexity index is 803. The van der Waals surface area contributed by atoms with Crippen molar-refractivity contribution in [3.05, 3.63) is 28.8 Å². The van der Waals surface area contributed by atoms with Gasteiger partial charge in [0.15, 0.2) is 0 Å². The molecule has 1 aromatic rings. The molecule has 9 heteroatoms. The molecule has 1 saturated heterocycles. The first kappa shape index (κ1) is 20.3. The average Bonchev–Trinajstić information content (AvgIpc) is 2.52. The van der Waals surface area contributed by atoms with Gasteiger partial charge in [-0.1, -0.05) is 17.7 Å². The highest BCUT2D eigenvalue weighted by Gasteiger charge is 2.34. The number of hydrogen-bond acceptors (Lipinski definition) is 5. The summed E-state index contributed by atoms with van der Waals surface area (Å²) in [4.78, 5) is 0.328. The van der Waals surface area contributed by atoms with Crippen molar-refractivity contribution in [2.24, 2.45) is 0 Å². The van der Waals surface area contributed by atoms with Crippen molar-refractivity contribution in [3.8, 4) is 0 Å². The number of nitrogens with zero attached hydrogens (tertiary/aromatic N) is 2. The van der Waals surface area contributed by atoms with Crippen LogP contribution in [0.2, 0.25) is 0 Å². The number of hydrogen-bond donors (Lipinski definition) is 0. The van der Waals surface area contributed by atoms with Crippen LogP contribution in [0.5, 0.6) is 0 Å². The zero-order valence-electron chi connectivity index (χ0n) is 15.1. The summed E-state index contributed by atoms with van der Waals surface area (Å²) in [7, 11) is -5.60. The Balaban J connectivity index is 2.18. The molecular weight excluding hydrogens is 364 g/mol. The van der Waals surface area contributed by atoms with Crippen molar-refractivity contribution in [2.45, 2.75) is 25.7 Å². The van der Waals surface area contributed by atoms with Crippen molar-refractivity contribution in [2.75, 3.05) is 45.6 Å². The zero-order valence-corrected chi connectivity index (χ0v) is 16.8. The topological polar surface area (TPSA) is 84.0 Å². The van der Waals surface area contributed by atoms with Gasteiger partial charge in [-0.3, -0.25) is 0 Å². The van der Waals surface area contributed by atoms with Crippen molar-refractivity contribution in [1.29, 1.82) is 0 Å². The summed E-state index contributed by atoms with van der Waals surface area (Å²) in [6.45, 7) is 6.27. The number of aryl methyl sites for hydroxylation is 3. The van der Waals surface area contributed by atoms with Gasteiger partial charge in [0.05, 0.1) is 17.3 Å². The zero-order chi connectivity index (χ0) is 18.8. The third-order valence-corrected chi connectivity index (χ3v) is 8.38. The number of methoxy groups -OCH3 is 1. The summed E-state index contributed by atoms with van der Waals surface area (Å²) in [5, 5.41) is 0. The molecule has 1 fully saturated rings. The Morgan fingerprint density at radius 3 is 1.88 bits per heavy atom. The van der Waals surface area contributed by atoms with Crippen LogP contribution in [0.3, 0.4) is 0 Å². The quantitative estimate of drug-likeness (QED) is 0.720. The predicted octanol–water partition coefficient (Wildman–Crippen LogP) is 0.894. The first-order valence-corrected chi connectivity index (χ1v) is 11.2. The van der Waals surface area contributed by atoms with E-state index in [1.165, 1.54) is 15.7 Å². The molecule has 0 amide bonds. The Hall–Kier alpha value is -1.00. The fraction of sp³-hybridized carbons (Fsp3) is 0.625. The number of piperazine rings is 1. The molecule has 1 heterocycles. The molecule has 1 aliphatic rings. The third-order valence-electron chi connectivity index (χ3n) is 4.34. The Morgan fingerprint density at radius 1 is 0.920 bits per heavy atom. The molecule has 2 rings (SSSR count). The van der Waals surface area contributed by atoms with Crippen LogP contribution < -0.4 is 0 Å². The van der Waals surface area contributed by atoms with E-state index < -0.39 is 20.0 Å². The molecule has 0 aromatic heterocycles. The molecule has 0 spiro atoms. The molecule has 1 aromatic carbocycles. The van der Waals surface area contributed by atoms with E-state index in [1.54, 1.807) is 13.8 Å². The van der Waals surface area contributed by atoms with Crippen molar-refractivity contribution < 1.29 is 21.6 Å². The molecule has 0 atom stereocenters. The maximum absolute atomic E-state index is 13.0. The lowest BCUT2D eigenvalue weighted by molar-refractivity contribution is 0.213. The molecule has 0 saturated carbocycles. The minimum atomic E-state index is -3.64. The third kappa shape index (κ3) is 4.40. The van der Waals surface area contributed by atoms with Gasteiger partial charge in [0.1, 0.15) is 0 Å². The van der Waals surface area contributed by atoms with E-state index in [9.17, 15) is 16.8 Å². The Morgan fingerprint density at radius 2 is 1.40 bits per heavy atom. The van der Waals surface area contributed by atoms with E-state index in [-0.39, 0.29) is 38.5 Å². The van der Waals surface area contributed by atoms with Crippen LogP contribution in [-0.2, 0) is 24.8 Å². The van der Waals surface area contributed by atoms with Crippen molar-refractivity contribution >= 4 is 20.0 Å². The van der Waals surface area contributed by atoms with Gasteiger partial charge >= 0.3 is 0 Å². The largest absolute Gasteiger partial charge is 0.384 e. The summed E-state index contributed by atoms with van der Waals surface area (Å²) in [6, 6.07) is 3.71. The maximum Gasteiger partial charge on any atom is 0.243 e. The van der Waals surface area contributed by atoms with E-state index in [1.807, 2.05) is 19.1 Å². The standard InChI is InChI=1S/C16H26N2O5S2/c1-13-11-14(2)16(15(3)12-13)25(21,22)18-7-5-17(6-8-18)24(19,20)10-9-23-4/h11-12H,5-10H2,1-4H3. The maximum atomic E-state index is 13.0. The van der Waals surface area contributed by atoms with Gasteiger partial charge < -0.3 is 4.74 Å². The van der Waals surface area contributed by atoms with Crippen LogP contribution in [0.25, 0.3) is 0 Å². The van der Waals surface area contributed by atoms with Crippen LogP contribution >= 0.6 is 0 Å². The summed E-state index contributed by atoms with van der Waals surface area (Å²) < 4.78 is 57.9. The second-order valence-electron chi connectivity index (χ2n) is 6.34. The first-order chi connectivity index (χ1) is 11.6. The van der Waals surface area contributed by atoms with Crippen molar-refractivity contribution in [1.82, 2.24) is 8.61 Å². The molecule has 142 valence electrons. The minimum Gasteiger partial charge on any atom is -0.384 e. The van der Waals surface area contributed by atoms with E-state index in [4.69, 9.17) is 4.74 Å². The van der Waals surface area contributed by atoms with E-state index in [2.05, 4.69) is 0 Å². The van der Waals surface area contributed by atoms with Crippen LogP contribution in [0, 0.1) is 20.8 Å². The number of rotatable bonds is 6. The van der Waals surface area contributed by atoms with Crippen LogP contribution in [0.4, 0.5) is 0 Å². The lowest BCUT2D eigenvalue weighted by Crippen LogP contribution is -2.51. The number of benzene rings is 1. The van der Waals surface area contributed by atoms with E-state index in [0.29, 0.717) is 16.0 Å². The minimum absolute atomic E-state index is 0.0908. The van der Waals surface area contributed by atoms with Crippen LogP contribution in [0.15, 0.2) is 17.0 Å². The summed E-state index contributed by atoms with van der Waals surface area (Å²) in [5.41, 5.74) is 2.45. The summed E-state index contributed by atoms with van der Waals surface area (Å²) in [5.74, 6) is -0.0908. The van der Waals surface area contributed by atoms with Gasteiger partial charge in [0.25, 0.3) is 0 Å². The fourth-order valence-corrected chi connectivity index (χ4v) is 6.40. The van der Waals surface area contributed by atoms with Gasteiger partial charge in [-0.15, -0.1) is 0 Å². The molecule has 7 nitrogen and oxygen atoms in total. The smallest absolute Gasteiger partial charge is 0.243 e. The molecule has 1 aliphatic heterocycles. The molecule has 0 radical (unpaired) electrons. The Labute approximate surface area is 150 Å². The second-order valence-corrected chi connectivity index (χ2v) is 10.3. The lowest BCUT2D eigenvalue weighted by Gasteiger charge is -2.33. The van der Waals surface area contributed by atoms with Gasteiger partial charge in [-0.05, 0) is 31.9 Å². The van der Waals surface area contributed by atoms with E-state index in [0.717, 1.165) is 5.56 Å². The molecule has 0 bridgehead atoms. The summed E-state index contributed by atoms with van der Waals surface area (Å²) >= 11 is 0. The predicted molar refractivity (Wildman–Crippen MR) is 96.6 cm³/mol. The molecule has 0 unspecified atom stereocenters. The van der Waals surface area contributed by atoms with Crippen LogP contribution in [0.1, 0.15) is 16.7 Å². The normalized spacial score (nSPS) is 17.8. The lowest BCUT2D eigenvalue weighted by atomic mass is 10.1. The van der Waals surface area contributed by atoms with E-state index >= 15 is 0 Å². The number of sulfonamides is 2. The molecule has 0 aliphatic carbocycles. The first-order valence-electron chi connectivity index (χ1n) is 8.14. The monoisotopic (exact) mass is 390 g/mol. The highest BCUT2D eigenvalue weighted by molar-refractivity contribution is 7.89. The van der Waals surface area contributed by atoms with Crippen molar-refractivity contribution in [3.63, 3.8) is 0 Å². The SMILES string of the molecule is COCCS(=O)(=O)N1CCN(S(=O)(=O)c2c(C)cc(C)cc2C)CC1. The fourth-order valence-electron chi connectivity index (χ4n) is 3.21. The average molecular weight is 391 g/mol. The summed E-state index contributed by atoms with van der Waals surface area (Å²) in [6.07, 6.45) is 0. The highest BCUT2D eigenvalue weighted by Crippen LogP contribution is 2.26. The van der Waals surface area contributed by atoms with Gasteiger partial charge in [0.2, 0.25) is 20.0 Å². The molecule has 0 N–H and O–H groups in total. The van der Waals surface area contributed by atoms with Gasteiger partial charge in [-0.25, -0.2) is 16.8 Å². The van der Waals surface area contributed by atoms with Gasteiger partial charge in [-0.2, -0.15) is 8.61 Å². The highest BCUT2D eigenvalue weighted by atomic mass is 32.2. The second kappa shape index (κ2) is 7.71. The number of ether oxygens (including phenoxy) is 1. The molecular formula is C16H26N2O5S2. The Kier molecular flexibility index (Phi) is 6.26. The molecule has 25 heavy (non-hydrogen) atoms. The van der Waals surface area contributed by atoms with Gasteiger partial charge in [0, 0.05) is 33.3 Å².